The van der Waals surface area contributed by atoms with Gasteiger partial charge in [-0.15, -0.1) is 0 Å². The Hall–Kier alpha value is -1.14. The standard InChI is InChI=1S/C17H28N2O4/c1-18(2)16(21)14-3-6-17(23-14)7-9-19(10-8-17)15(20)13-4-11-22-12-5-13/h13-14H,3-12H2,1-2H3. The maximum Gasteiger partial charge on any atom is 0.251 e. The van der Waals surface area contributed by atoms with Crippen LogP contribution in [0.1, 0.15) is 38.5 Å². The molecular weight excluding hydrogens is 296 g/mol. The van der Waals surface area contributed by atoms with E-state index in [0.717, 1.165) is 51.6 Å². The number of piperidine rings is 1. The number of carbonyl (C=O) groups is 2. The van der Waals surface area contributed by atoms with E-state index >= 15 is 0 Å². The first-order valence-corrected chi connectivity index (χ1v) is 8.76. The van der Waals surface area contributed by atoms with Gasteiger partial charge in [-0.3, -0.25) is 9.59 Å². The lowest BCUT2D eigenvalue weighted by Crippen LogP contribution is -2.49. The number of carbonyl (C=O) groups excluding carboxylic acids is 2. The molecule has 3 aliphatic heterocycles. The number of likely N-dealkylation sites (N-methyl/N-ethyl adjacent to an activating group) is 1. The Morgan fingerprint density at radius 1 is 1.04 bits per heavy atom. The fraction of sp³-hybridized carbons (Fsp3) is 0.882. The average Bonchev–Trinajstić information content (AvgIpc) is 2.98. The lowest BCUT2D eigenvalue weighted by Gasteiger charge is -2.40. The van der Waals surface area contributed by atoms with Crippen molar-refractivity contribution in [3.05, 3.63) is 0 Å². The number of nitrogens with zero attached hydrogens (tertiary/aromatic N) is 2. The van der Waals surface area contributed by atoms with Crippen LogP contribution < -0.4 is 0 Å². The molecule has 0 radical (unpaired) electrons. The highest BCUT2D eigenvalue weighted by molar-refractivity contribution is 5.81. The Balaban J connectivity index is 1.52. The van der Waals surface area contributed by atoms with Crippen molar-refractivity contribution in [1.29, 1.82) is 0 Å². The van der Waals surface area contributed by atoms with Gasteiger partial charge in [-0.05, 0) is 38.5 Å². The van der Waals surface area contributed by atoms with Crippen molar-refractivity contribution in [2.75, 3.05) is 40.4 Å². The van der Waals surface area contributed by atoms with Crippen LogP contribution in [-0.4, -0.2) is 73.7 Å². The van der Waals surface area contributed by atoms with Crippen LogP contribution in [0, 0.1) is 5.92 Å². The second-order valence-electron chi connectivity index (χ2n) is 7.27. The number of hydrogen-bond donors (Lipinski definition) is 0. The Morgan fingerprint density at radius 3 is 2.30 bits per heavy atom. The predicted molar refractivity (Wildman–Crippen MR) is 84.9 cm³/mol. The van der Waals surface area contributed by atoms with Gasteiger partial charge in [0, 0.05) is 46.3 Å². The molecule has 0 saturated carbocycles. The Bertz CT molecular complexity index is 452. The molecule has 0 aromatic heterocycles. The quantitative estimate of drug-likeness (QED) is 0.761. The summed E-state index contributed by atoms with van der Waals surface area (Å²) in [4.78, 5) is 28.3. The predicted octanol–water partition coefficient (Wildman–Crippen LogP) is 1.04. The summed E-state index contributed by atoms with van der Waals surface area (Å²) in [5.74, 6) is 0.468. The summed E-state index contributed by atoms with van der Waals surface area (Å²) >= 11 is 0. The van der Waals surface area contributed by atoms with Gasteiger partial charge in [0.2, 0.25) is 5.91 Å². The molecule has 3 heterocycles. The number of likely N-dealkylation sites (tertiary alicyclic amines) is 1. The molecule has 3 rings (SSSR count). The molecule has 23 heavy (non-hydrogen) atoms. The summed E-state index contributed by atoms with van der Waals surface area (Å²) in [5, 5.41) is 0. The van der Waals surface area contributed by atoms with Crippen molar-refractivity contribution in [2.45, 2.75) is 50.2 Å². The van der Waals surface area contributed by atoms with Crippen molar-refractivity contribution in [3.63, 3.8) is 0 Å². The minimum Gasteiger partial charge on any atom is -0.381 e. The van der Waals surface area contributed by atoms with Gasteiger partial charge in [-0.1, -0.05) is 0 Å². The first-order chi connectivity index (χ1) is 11.0. The maximum absolute atomic E-state index is 12.6. The van der Waals surface area contributed by atoms with Gasteiger partial charge in [-0.25, -0.2) is 0 Å². The fourth-order valence-corrected chi connectivity index (χ4v) is 3.98. The zero-order chi connectivity index (χ0) is 16.4. The summed E-state index contributed by atoms with van der Waals surface area (Å²) in [6, 6.07) is 0. The van der Waals surface area contributed by atoms with E-state index < -0.39 is 0 Å². The molecular formula is C17H28N2O4. The summed E-state index contributed by atoms with van der Waals surface area (Å²) in [5.41, 5.74) is -0.192. The molecule has 6 heteroatoms. The molecule has 6 nitrogen and oxygen atoms in total. The van der Waals surface area contributed by atoms with Crippen LogP contribution in [0.25, 0.3) is 0 Å². The molecule has 1 unspecified atom stereocenters. The zero-order valence-electron chi connectivity index (χ0n) is 14.3. The van der Waals surface area contributed by atoms with Crippen LogP contribution in [0.3, 0.4) is 0 Å². The van der Waals surface area contributed by atoms with Gasteiger partial charge < -0.3 is 19.3 Å². The van der Waals surface area contributed by atoms with E-state index in [1.54, 1.807) is 19.0 Å². The highest BCUT2D eigenvalue weighted by Crippen LogP contribution is 2.39. The average molecular weight is 324 g/mol. The van der Waals surface area contributed by atoms with Gasteiger partial charge in [0.15, 0.2) is 0 Å². The van der Waals surface area contributed by atoms with Crippen molar-refractivity contribution in [2.24, 2.45) is 5.92 Å². The molecule has 2 amide bonds. The van der Waals surface area contributed by atoms with Gasteiger partial charge in [0.25, 0.3) is 5.91 Å². The lowest BCUT2D eigenvalue weighted by molar-refractivity contribution is -0.153. The second kappa shape index (κ2) is 6.77. The fourth-order valence-electron chi connectivity index (χ4n) is 3.98. The summed E-state index contributed by atoms with van der Waals surface area (Å²) in [7, 11) is 3.54. The van der Waals surface area contributed by atoms with Crippen LogP contribution in [-0.2, 0) is 19.1 Å². The number of hydrogen-bond acceptors (Lipinski definition) is 4. The van der Waals surface area contributed by atoms with E-state index in [4.69, 9.17) is 9.47 Å². The molecule has 3 fully saturated rings. The molecule has 0 N–H and O–H groups in total. The molecule has 3 saturated heterocycles. The van der Waals surface area contributed by atoms with Crippen LogP contribution >= 0.6 is 0 Å². The first kappa shape index (κ1) is 16.7. The van der Waals surface area contributed by atoms with E-state index in [1.165, 1.54) is 0 Å². The molecule has 130 valence electrons. The third-order valence-electron chi connectivity index (χ3n) is 5.53. The molecule has 0 bridgehead atoms. The molecule has 1 spiro atoms. The monoisotopic (exact) mass is 324 g/mol. The molecule has 0 aromatic carbocycles. The molecule has 1 atom stereocenters. The van der Waals surface area contributed by atoms with E-state index in [2.05, 4.69) is 0 Å². The van der Waals surface area contributed by atoms with Crippen LogP contribution in [0.5, 0.6) is 0 Å². The molecule has 3 aliphatic rings. The maximum atomic E-state index is 12.6. The van der Waals surface area contributed by atoms with Crippen molar-refractivity contribution in [3.8, 4) is 0 Å². The Morgan fingerprint density at radius 2 is 1.70 bits per heavy atom. The van der Waals surface area contributed by atoms with E-state index in [9.17, 15) is 9.59 Å². The van der Waals surface area contributed by atoms with Crippen LogP contribution in [0.2, 0.25) is 0 Å². The van der Waals surface area contributed by atoms with Crippen LogP contribution in [0.4, 0.5) is 0 Å². The summed E-state index contributed by atoms with van der Waals surface area (Å²) in [6.07, 6.45) is 4.80. The third-order valence-corrected chi connectivity index (χ3v) is 5.53. The third kappa shape index (κ3) is 3.53. The smallest absolute Gasteiger partial charge is 0.251 e. The van der Waals surface area contributed by atoms with Crippen molar-refractivity contribution < 1.29 is 19.1 Å². The minimum absolute atomic E-state index is 0.0580. The van der Waals surface area contributed by atoms with E-state index in [-0.39, 0.29) is 29.4 Å². The van der Waals surface area contributed by atoms with Crippen molar-refractivity contribution >= 4 is 11.8 Å². The highest BCUT2D eigenvalue weighted by atomic mass is 16.5. The Kier molecular flexibility index (Phi) is 4.92. The van der Waals surface area contributed by atoms with Gasteiger partial charge in [0.05, 0.1) is 5.60 Å². The number of rotatable bonds is 2. The highest BCUT2D eigenvalue weighted by Gasteiger charge is 2.46. The lowest BCUT2D eigenvalue weighted by atomic mass is 9.87. The topological polar surface area (TPSA) is 59.1 Å². The first-order valence-electron chi connectivity index (χ1n) is 8.76. The Labute approximate surface area is 138 Å². The van der Waals surface area contributed by atoms with Crippen LogP contribution in [0.15, 0.2) is 0 Å². The SMILES string of the molecule is CN(C)C(=O)C1CCC2(CCN(C(=O)C3CCOCC3)CC2)O1. The molecule has 0 aromatic rings. The number of amides is 2. The largest absolute Gasteiger partial charge is 0.381 e. The minimum atomic E-state index is -0.303. The normalized spacial score (nSPS) is 28.1. The van der Waals surface area contributed by atoms with Gasteiger partial charge in [-0.2, -0.15) is 0 Å². The van der Waals surface area contributed by atoms with Crippen molar-refractivity contribution in [1.82, 2.24) is 9.80 Å². The van der Waals surface area contributed by atoms with E-state index in [0.29, 0.717) is 13.2 Å². The summed E-state index contributed by atoms with van der Waals surface area (Å²) in [6.45, 7) is 2.90. The zero-order valence-corrected chi connectivity index (χ0v) is 14.3. The molecule has 0 aliphatic carbocycles. The van der Waals surface area contributed by atoms with E-state index in [1.807, 2.05) is 4.90 Å². The second-order valence-corrected chi connectivity index (χ2v) is 7.27. The number of ether oxygens (including phenoxy) is 2. The van der Waals surface area contributed by atoms with Gasteiger partial charge in [0.1, 0.15) is 6.10 Å². The van der Waals surface area contributed by atoms with Gasteiger partial charge >= 0.3 is 0 Å². The summed E-state index contributed by atoms with van der Waals surface area (Å²) < 4.78 is 11.5.